The van der Waals surface area contributed by atoms with Gasteiger partial charge in [0.15, 0.2) is 0 Å². The molecule has 0 N–H and O–H groups in total. The fraction of sp³-hybridized carbons (Fsp3) is 0. The van der Waals surface area contributed by atoms with Gasteiger partial charge in [-0.15, -0.1) is 0 Å². The fourth-order valence-electron chi connectivity index (χ4n) is 2.40. The number of benzene rings is 2. The number of fused-ring (bicyclic) bond motifs is 1. The predicted octanol–water partition coefficient (Wildman–Crippen LogP) is 2.96. The largest absolute Gasteiger partial charge is 0.278 e. The zero-order valence-corrected chi connectivity index (χ0v) is 12.4. The highest BCUT2D eigenvalue weighted by atomic mass is 35.5. The third-order valence-corrected chi connectivity index (χ3v) is 3.75. The van der Waals surface area contributed by atoms with E-state index in [0.29, 0.717) is 4.90 Å². The molecule has 0 aliphatic carbocycles. The van der Waals surface area contributed by atoms with E-state index in [-0.39, 0.29) is 21.8 Å². The van der Waals surface area contributed by atoms with E-state index in [1.807, 2.05) is 0 Å². The van der Waals surface area contributed by atoms with E-state index in [9.17, 15) is 29.8 Å². The van der Waals surface area contributed by atoms with Crippen LogP contribution in [0.2, 0.25) is 5.02 Å². The van der Waals surface area contributed by atoms with Gasteiger partial charge in [0, 0.05) is 12.1 Å². The van der Waals surface area contributed by atoms with Gasteiger partial charge in [0.1, 0.15) is 0 Å². The number of hydrogen-bond acceptors (Lipinski definition) is 6. The molecule has 0 saturated heterocycles. The summed E-state index contributed by atoms with van der Waals surface area (Å²) in [6.45, 7) is 0. The summed E-state index contributed by atoms with van der Waals surface area (Å²) in [5, 5.41) is 22.0. The first-order chi connectivity index (χ1) is 11.3. The molecule has 10 heteroatoms. The monoisotopic (exact) mass is 347 g/mol. The van der Waals surface area contributed by atoms with E-state index in [4.69, 9.17) is 11.6 Å². The topological polar surface area (TPSA) is 124 Å². The lowest BCUT2D eigenvalue weighted by Crippen LogP contribution is -2.29. The number of imide groups is 1. The predicted molar refractivity (Wildman–Crippen MR) is 82.3 cm³/mol. The number of nitro benzene ring substituents is 2. The van der Waals surface area contributed by atoms with Crippen LogP contribution < -0.4 is 4.90 Å². The Morgan fingerprint density at radius 2 is 1.50 bits per heavy atom. The second kappa shape index (κ2) is 5.39. The molecule has 0 atom stereocenters. The van der Waals surface area contributed by atoms with Crippen LogP contribution in [0.15, 0.2) is 36.4 Å². The molecule has 120 valence electrons. The molecular formula is C14H6ClN3O6. The van der Waals surface area contributed by atoms with Gasteiger partial charge in [0.2, 0.25) is 0 Å². The van der Waals surface area contributed by atoms with Gasteiger partial charge in [0.05, 0.1) is 37.7 Å². The number of rotatable bonds is 3. The van der Waals surface area contributed by atoms with Gasteiger partial charge < -0.3 is 0 Å². The summed E-state index contributed by atoms with van der Waals surface area (Å²) in [6.07, 6.45) is 0. The lowest BCUT2D eigenvalue weighted by atomic mass is 10.1. The minimum absolute atomic E-state index is 0.0293. The first kappa shape index (κ1) is 15.6. The molecule has 2 aromatic rings. The fourth-order valence-corrected chi connectivity index (χ4v) is 2.65. The molecule has 24 heavy (non-hydrogen) atoms. The highest BCUT2D eigenvalue weighted by Gasteiger charge is 2.39. The molecule has 2 aromatic carbocycles. The van der Waals surface area contributed by atoms with Crippen LogP contribution in [0.3, 0.4) is 0 Å². The average molecular weight is 348 g/mol. The number of amides is 2. The number of hydrogen-bond donors (Lipinski definition) is 0. The Kier molecular flexibility index (Phi) is 3.49. The van der Waals surface area contributed by atoms with Crippen LogP contribution in [0.25, 0.3) is 0 Å². The van der Waals surface area contributed by atoms with E-state index in [1.165, 1.54) is 18.2 Å². The number of non-ortho nitro benzene ring substituents is 2. The van der Waals surface area contributed by atoms with Gasteiger partial charge >= 0.3 is 0 Å². The van der Waals surface area contributed by atoms with Gasteiger partial charge in [0.25, 0.3) is 23.2 Å². The second-order valence-electron chi connectivity index (χ2n) is 4.83. The summed E-state index contributed by atoms with van der Waals surface area (Å²) >= 11 is 5.93. The summed E-state index contributed by atoms with van der Waals surface area (Å²) in [5.41, 5.74) is -1.50. The highest BCUT2D eigenvalue weighted by Crippen LogP contribution is 2.35. The van der Waals surface area contributed by atoms with Crippen molar-refractivity contribution in [2.45, 2.75) is 0 Å². The maximum Gasteiger partial charge on any atom is 0.278 e. The number of carbonyl (C=O) groups is 2. The highest BCUT2D eigenvalue weighted by molar-refractivity contribution is 6.42. The molecule has 0 fully saturated rings. The molecule has 0 bridgehead atoms. The first-order valence-corrected chi connectivity index (χ1v) is 6.80. The molecule has 0 aromatic heterocycles. The molecule has 0 unspecified atom stereocenters. The van der Waals surface area contributed by atoms with Gasteiger partial charge in [-0.05, 0) is 12.1 Å². The Morgan fingerprint density at radius 1 is 0.917 bits per heavy atom. The van der Waals surface area contributed by atoms with Crippen molar-refractivity contribution in [3.05, 3.63) is 72.8 Å². The van der Waals surface area contributed by atoms with Gasteiger partial charge in [-0.2, -0.15) is 0 Å². The summed E-state index contributed by atoms with van der Waals surface area (Å²) in [6, 6.07) is 6.86. The quantitative estimate of drug-likeness (QED) is 0.477. The molecule has 1 heterocycles. The van der Waals surface area contributed by atoms with Crippen molar-refractivity contribution in [3.63, 3.8) is 0 Å². The SMILES string of the molecule is O=C1c2cccc(Cl)c2C(=O)N1c1cc([N+](=O)[O-])cc([N+](=O)[O-])c1. The van der Waals surface area contributed by atoms with Crippen molar-refractivity contribution >= 4 is 40.5 Å². The maximum absolute atomic E-state index is 12.5. The zero-order valence-electron chi connectivity index (χ0n) is 11.6. The number of halogens is 1. The van der Waals surface area contributed by atoms with Crippen LogP contribution in [0.1, 0.15) is 20.7 Å². The maximum atomic E-state index is 12.5. The molecule has 0 saturated carbocycles. The Hall–Kier alpha value is -3.33. The minimum Gasteiger partial charge on any atom is -0.268 e. The Morgan fingerprint density at radius 3 is 2.00 bits per heavy atom. The van der Waals surface area contributed by atoms with Crippen molar-refractivity contribution in [3.8, 4) is 0 Å². The molecule has 2 amide bonds. The van der Waals surface area contributed by atoms with Crippen LogP contribution in [-0.2, 0) is 0 Å². The van der Waals surface area contributed by atoms with Gasteiger partial charge in [-0.1, -0.05) is 17.7 Å². The molecule has 0 spiro atoms. The second-order valence-corrected chi connectivity index (χ2v) is 5.24. The van der Waals surface area contributed by atoms with E-state index in [2.05, 4.69) is 0 Å². The molecule has 1 aliphatic heterocycles. The number of anilines is 1. The Labute approximate surface area is 138 Å². The van der Waals surface area contributed by atoms with Gasteiger partial charge in [-0.3, -0.25) is 29.8 Å². The summed E-state index contributed by atoms with van der Waals surface area (Å²) in [7, 11) is 0. The normalized spacial score (nSPS) is 13.1. The van der Waals surface area contributed by atoms with Crippen molar-refractivity contribution in [1.82, 2.24) is 0 Å². The van der Waals surface area contributed by atoms with E-state index < -0.39 is 33.0 Å². The van der Waals surface area contributed by atoms with E-state index in [0.717, 1.165) is 18.2 Å². The summed E-state index contributed by atoms with van der Waals surface area (Å²) in [4.78, 5) is 45.7. The zero-order chi connectivity index (χ0) is 17.6. The number of nitro groups is 2. The van der Waals surface area contributed by atoms with Gasteiger partial charge in [-0.25, -0.2) is 4.90 Å². The third kappa shape index (κ3) is 2.27. The lowest BCUT2D eigenvalue weighted by molar-refractivity contribution is -0.394. The average Bonchev–Trinajstić information content (AvgIpc) is 2.79. The smallest absolute Gasteiger partial charge is 0.268 e. The van der Waals surface area contributed by atoms with Crippen molar-refractivity contribution in [1.29, 1.82) is 0 Å². The molecular weight excluding hydrogens is 342 g/mol. The minimum atomic E-state index is -0.846. The van der Waals surface area contributed by atoms with Crippen molar-refractivity contribution in [2.24, 2.45) is 0 Å². The molecule has 9 nitrogen and oxygen atoms in total. The summed E-state index contributed by atoms with van der Waals surface area (Å²) in [5.74, 6) is -1.55. The van der Waals surface area contributed by atoms with Crippen LogP contribution in [0.5, 0.6) is 0 Å². The molecule has 3 rings (SSSR count). The Bertz CT molecular complexity index is 910. The van der Waals surface area contributed by atoms with Crippen LogP contribution in [0, 0.1) is 20.2 Å². The first-order valence-electron chi connectivity index (χ1n) is 6.42. The number of nitrogens with zero attached hydrogens (tertiary/aromatic N) is 3. The van der Waals surface area contributed by atoms with E-state index in [1.54, 1.807) is 0 Å². The van der Waals surface area contributed by atoms with Crippen molar-refractivity contribution < 1.29 is 19.4 Å². The molecule has 1 aliphatic rings. The van der Waals surface area contributed by atoms with Crippen LogP contribution in [0.4, 0.5) is 17.1 Å². The van der Waals surface area contributed by atoms with Crippen LogP contribution in [-0.4, -0.2) is 21.7 Å². The lowest BCUT2D eigenvalue weighted by Gasteiger charge is -2.13. The standard InChI is InChI=1S/C14H6ClN3O6/c15-11-3-1-2-10-12(11)14(20)16(13(10)19)7-4-8(17(21)22)6-9(5-7)18(23)24/h1-6H. The van der Waals surface area contributed by atoms with Crippen molar-refractivity contribution in [2.75, 3.05) is 4.90 Å². The van der Waals surface area contributed by atoms with E-state index >= 15 is 0 Å². The van der Waals surface area contributed by atoms with Crippen LogP contribution >= 0.6 is 11.6 Å². The Balaban J connectivity index is 2.19. The number of carbonyl (C=O) groups excluding carboxylic acids is 2. The molecule has 0 radical (unpaired) electrons. The third-order valence-electron chi connectivity index (χ3n) is 3.43. The summed E-state index contributed by atoms with van der Waals surface area (Å²) < 4.78 is 0.